The third kappa shape index (κ3) is 5.23. The molecule has 1 fully saturated rings. The number of rotatable bonds is 4. The quantitative estimate of drug-likeness (QED) is 0.769. The summed E-state index contributed by atoms with van der Waals surface area (Å²) in [6, 6.07) is 13.4. The Hall–Kier alpha value is -2.05. The van der Waals surface area contributed by atoms with Crippen LogP contribution in [0.25, 0.3) is 0 Å². The van der Waals surface area contributed by atoms with Gasteiger partial charge < -0.3 is 5.32 Å². The highest BCUT2D eigenvalue weighted by Crippen LogP contribution is 2.37. The Kier molecular flexibility index (Phi) is 6.07. The Morgan fingerprint density at radius 1 is 1.11 bits per heavy atom. The van der Waals surface area contributed by atoms with Gasteiger partial charge in [-0.2, -0.15) is 13.2 Å². The zero-order chi connectivity index (χ0) is 19.4. The van der Waals surface area contributed by atoms with E-state index in [4.69, 9.17) is 11.6 Å². The summed E-state index contributed by atoms with van der Waals surface area (Å²) in [5, 5.41) is 2.42. The van der Waals surface area contributed by atoms with Crippen LogP contribution in [0.15, 0.2) is 48.5 Å². The van der Waals surface area contributed by atoms with Gasteiger partial charge in [-0.1, -0.05) is 41.9 Å². The Balaban J connectivity index is 1.59. The fourth-order valence-electron chi connectivity index (χ4n) is 3.29. The number of piperidine rings is 1. The second-order valence-corrected chi connectivity index (χ2v) is 7.15. The van der Waals surface area contributed by atoms with Crippen molar-refractivity contribution in [3.63, 3.8) is 0 Å². The van der Waals surface area contributed by atoms with Gasteiger partial charge in [0.2, 0.25) is 5.91 Å². The van der Waals surface area contributed by atoms with Crippen molar-refractivity contribution < 1.29 is 18.0 Å². The zero-order valence-electron chi connectivity index (χ0n) is 14.6. The lowest BCUT2D eigenvalue weighted by atomic mass is 9.95. The van der Waals surface area contributed by atoms with Crippen molar-refractivity contribution in [3.05, 3.63) is 64.7 Å². The average molecular weight is 397 g/mol. The van der Waals surface area contributed by atoms with E-state index in [1.54, 1.807) is 0 Å². The van der Waals surface area contributed by atoms with Crippen LogP contribution in [0, 0.1) is 5.92 Å². The van der Waals surface area contributed by atoms with Gasteiger partial charge in [0.1, 0.15) is 0 Å². The Morgan fingerprint density at radius 2 is 1.78 bits per heavy atom. The molecule has 1 aliphatic heterocycles. The molecule has 27 heavy (non-hydrogen) atoms. The predicted octanol–water partition coefficient (Wildman–Crippen LogP) is 5.21. The van der Waals surface area contributed by atoms with Crippen molar-refractivity contribution in [1.29, 1.82) is 0 Å². The molecule has 0 spiro atoms. The molecule has 0 aliphatic carbocycles. The molecule has 1 aliphatic rings. The maximum absolute atomic E-state index is 13.2. The van der Waals surface area contributed by atoms with Crippen LogP contribution in [0.5, 0.6) is 0 Å². The molecule has 1 saturated heterocycles. The lowest BCUT2D eigenvalue weighted by Gasteiger charge is -2.31. The number of anilines is 1. The molecule has 0 unspecified atom stereocenters. The van der Waals surface area contributed by atoms with Gasteiger partial charge in [-0.05, 0) is 49.7 Å². The fourth-order valence-corrected chi connectivity index (χ4v) is 3.46. The molecular formula is C20H20ClF3N2O. The molecule has 1 heterocycles. The predicted molar refractivity (Wildman–Crippen MR) is 99.5 cm³/mol. The number of nitrogens with zero attached hydrogens (tertiary/aromatic N) is 1. The van der Waals surface area contributed by atoms with E-state index in [-0.39, 0.29) is 22.5 Å². The molecule has 3 rings (SSSR count). The first-order chi connectivity index (χ1) is 12.8. The van der Waals surface area contributed by atoms with Crippen LogP contribution in [-0.2, 0) is 17.5 Å². The summed E-state index contributed by atoms with van der Waals surface area (Å²) in [5.41, 5.74) is 0.0323. The molecule has 144 valence electrons. The first-order valence-electron chi connectivity index (χ1n) is 8.77. The van der Waals surface area contributed by atoms with E-state index < -0.39 is 11.7 Å². The number of alkyl halides is 3. The van der Waals surface area contributed by atoms with Crippen LogP contribution in [0.3, 0.4) is 0 Å². The number of nitrogens with one attached hydrogen (secondary N) is 1. The molecule has 0 atom stereocenters. The van der Waals surface area contributed by atoms with Crippen LogP contribution in [-0.4, -0.2) is 23.9 Å². The van der Waals surface area contributed by atoms with Gasteiger partial charge in [0.25, 0.3) is 0 Å². The highest BCUT2D eigenvalue weighted by atomic mass is 35.5. The highest BCUT2D eigenvalue weighted by molar-refractivity contribution is 6.30. The SMILES string of the molecule is O=C(Nc1ccc(Cl)cc1C(F)(F)F)C1CCN(Cc2ccccc2)CC1. The van der Waals surface area contributed by atoms with Gasteiger partial charge in [-0.15, -0.1) is 0 Å². The lowest BCUT2D eigenvalue weighted by Crippen LogP contribution is -2.38. The van der Waals surface area contributed by atoms with Gasteiger partial charge in [0.05, 0.1) is 11.3 Å². The van der Waals surface area contributed by atoms with Crippen LogP contribution >= 0.6 is 11.6 Å². The second-order valence-electron chi connectivity index (χ2n) is 6.71. The van der Waals surface area contributed by atoms with E-state index in [1.807, 2.05) is 18.2 Å². The molecular weight excluding hydrogens is 377 g/mol. The van der Waals surface area contributed by atoms with Crippen LogP contribution in [0.2, 0.25) is 5.02 Å². The highest BCUT2D eigenvalue weighted by Gasteiger charge is 2.35. The summed E-state index contributed by atoms with van der Waals surface area (Å²) in [6.45, 7) is 2.28. The standard InChI is InChI=1S/C20H20ClF3N2O/c21-16-6-7-18(17(12-16)20(22,23)24)25-19(27)15-8-10-26(11-9-15)13-14-4-2-1-3-5-14/h1-7,12,15H,8-11,13H2,(H,25,27). The maximum Gasteiger partial charge on any atom is 0.418 e. The van der Waals surface area contributed by atoms with E-state index in [1.165, 1.54) is 17.7 Å². The Morgan fingerprint density at radius 3 is 2.41 bits per heavy atom. The van der Waals surface area contributed by atoms with Crippen molar-refractivity contribution in [3.8, 4) is 0 Å². The van der Waals surface area contributed by atoms with Crippen LogP contribution in [0.4, 0.5) is 18.9 Å². The largest absolute Gasteiger partial charge is 0.418 e. The van der Waals surface area contributed by atoms with E-state index in [9.17, 15) is 18.0 Å². The zero-order valence-corrected chi connectivity index (χ0v) is 15.4. The minimum atomic E-state index is -4.58. The molecule has 1 N–H and O–H groups in total. The van der Waals surface area contributed by atoms with Crippen LogP contribution in [0.1, 0.15) is 24.0 Å². The minimum Gasteiger partial charge on any atom is -0.325 e. The third-order valence-corrected chi connectivity index (χ3v) is 4.99. The van der Waals surface area contributed by atoms with Crippen molar-refractivity contribution in [2.45, 2.75) is 25.6 Å². The molecule has 3 nitrogen and oxygen atoms in total. The van der Waals surface area contributed by atoms with Crippen molar-refractivity contribution in [2.24, 2.45) is 5.92 Å². The molecule has 2 aromatic carbocycles. The van der Waals surface area contributed by atoms with Gasteiger partial charge in [0.15, 0.2) is 0 Å². The molecule has 0 aromatic heterocycles. The number of carbonyl (C=O) groups excluding carboxylic acids is 1. The fraction of sp³-hybridized carbons (Fsp3) is 0.350. The summed E-state index contributed by atoms with van der Waals surface area (Å²) in [7, 11) is 0. The van der Waals surface area contributed by atoms with Crippen molar-refractivity contribution >= 4 is 23.2 Å². The third-order valence-electron chi connectivity index (χ3n) is 4.75. The number of hydrogen-bond acceptors (Lipinski definition) is 2. The molecule has 0 saturated carbocycles. The summed E-state index contributed by atoms with van der Waals surface area (Å²) in [4.78, 5) is 14.7. The number of likely N-dealkylation sites (tertiary alicyclic amines) is 1. The smallest absolute Gasteiger partial charge is 0.325 e. The Labute approximate surface area is 161 Å². The summed E-state index contributed by atoms with van der Waals surface area (Å²) in [5.74, 6) is -0.670. The molecule has 2 aromatic rings. The van der Waals surface area contributed by atoms with Crippen molar-refractivity contribution in [1.82, 2.24) is 4.90 Å². The van der Waals surface area contributed by atoms with Gasteiger partial charge in [-0.3, -0.25) is 9.69 Å². The first kappa shape index (κ1) is 19.7. The molecule has 7 heteroatoms. The van der Waals surface area contributed by atoms with Gasteiger partial charge in [-0.25, -0.2) is 0 Å². The van der Waals surface area contributed by atoms with Crippen molar-refractivity contribution in [2.75, 3.05) is 18.4 Å². The van der Waals surface area contributed by atoms with Gasteiger partial charge >= 0.3 is 6.18 Å². The number of carbonyl (C=O) groups is 1. The summed E-state index contributed by atoms with van der Waals surface area (Å²) >= 11 is 5.67. The molecule has 0 bridgehead atoms. The van der Waals surface area contributed by atoms with E-state index >= 15 is 0 Å². The second kappa shape index (κ2) is 8.31. The van der Waals surface area contributed by atoms with Gasteiger partial charge in [0, 0.05) is 17.5 Å². The average Bonchev–Trinajstić information content (AvgIpc) is 2.64. The normalized spacial score (nSPS) is 16.3. The van der Waals surface area contributed by atoms with E-state index in [2.05, 4.69) is 22.3 Å². The molecule has 0 radical (unpaired) electrons. The minimum absolute atomic E-state index is 0.0189. The monoisotopic (exact) mass is 396 g/mol. The molecule has 1 amide bonds. The number of hydrogen-bond donors (Lipinski definition) is 1. The summed E-state index contributed by atoms with van der Waals surface area (Å²) in [6.07, 6.45) is -3.34. The lowest BCUT2D eigenvalue weighted by molar-refractivity contribution is -0.137. The number of benzene rings is 2. The number of amides is 1. The van der Waals surface area contributed by atoms with E-state index in [0.717, 1.165) is 25.7 Å². The summed E-state index contributed by atoms with van der Waals surface area (Å²) < 4.78 is 39.5. The first-order valence-corrected chi connectivity index (χ1v) is 9.14. The Bertz CT molecular complexity index is 788. The topological polar surface area (TPSA) is 32.3 Å². The number of halogens is 4. The van der Waals surface area contributed by atoms with E-state index in [0.29, 0.717) is 12.8 Å². The maximum atomic E-state index is 13.2. The van der Waals surface area contributed by atoms with Crippen LogP contribution < -0.4 is 5.32 Å².